The average molecular weight is 447 g/mol. The van der Waals surface area contributed by atoms with Gasteiger partial charge in [0, 0.05) is 49.9 Å². The van der Waals surface area contributed by atoms with E-state index in [9.17, 15) is 0 Å². The van der Waals surface area contributed by atoms with Gasteiger partial charge in [-0.1, -0.05) is 12.1 Å². The number of hydrogen-bond donors (Lipinski definition) is 1. The molecular formula is C25H30N6O2. The minimum absolute atomic E-state index is 0.0234. The van der Waals surface area contributed by atoms with Gasteiger partial charge in [0.15, 0.2) is 11.5 Å². The predicted octanol–water partition coefficient (Wildman–Crippen LogP) is 3.45. The fourth-order valence-electron chi connectivity index (χ4n) is 4.30. The third-order valence-electron chi connectivity index (χ3n) is 6.49. The molecule has 4 heterocycles. The van der Waals surface area contributed by atoms with Crippen molar-refractivity contribution in [3.8, 4) is 17.3 Å². The van der Waals surface area contributed by atoms with E-state index in [1.54, 1.807) is 7.11 Å². The molecule has 0 bridgehead atoms. The third kappa shape index (κ3) is 4.42. The van der Waals surface area contributed by atoms with Crippen molar-refractivity contribution in [1.29, 1.82) is 0 Å². The molecule has 2 N–H and O–H groups in total. The Balaban J connectivity index is 1.46. The highest BCUT2D eigenvalue weighted by atomic mass is 16.5. The molecular weight excluding hydrogens is 416 g/mol. The van der Waals surface area contributed by atoms with Crippen LogP contribution in [0.4, 0.5) is 0 Å². The first kappa shape index (κ1) is 21.8. The Morgan fingerprint density at radius 3 is 2.76 bits per heavy atom. The lowest BCUT2D eigenvalue weighted by Gasteiger charge is -2.24. The summed E-state index contributed by atoms with van der Waals surface area (Å²) in [4.78, 5) is 7.30. The Morgan fingerprint density at radius 2 is 1.97 bits per heavy atom. The molecule has 3 aromatic heterocycles. The summed E-state index contributed by atoms with van der Waals surface area (Å²) in [5.41, 5.74) is 9.75. The molecule has 1 aliphatic heterocycles. The first-order valence-corrected chi connectivity index (χ1v) is 11.4. The summed E-state index contributed by atoms with van der Waals surface area (Å²) in [7, 11) is 1.68. The molecule has 4 aromatic rings. The highest BCUT2D eigenvalue weighted by molar-refractivity contribution is 5.82. The van der Waals surface area contributed by atoms with E-state index >= 15 is 0 Å². The Kier molecular flexibility index (Phi) is 5.97. The largest absolute Gasteiger partial charge is 0.491 e. The number of likely N-dealkylation sites (tertiary alicyclic amines) is 1. The molecule has 3 atom stereocenters. The van der Waals surface area contributed by atoms with Gasteiger partial charge in [0.25, 0.3) is 0 Å². The maximum Gasteiger partial charge on any atom is 0.187 e. The minimum Gasteiger partial charge on any atom is -0.491 e. The standard InChI is InChI=1S/C25H30N6O2/c1-16(32-3)15-33-21-7-4-18-5-8-22(27-23(18)12-21)25-29-28-24-9-6-19(13-31(24)25)17(2)30-11-10-20(26)14-30/h4-9,12-13,16-17,20H,10-11,14-15,26H2,1-3H3/t16-,17-,20-/m0/s1. The van der Waals surface area contributed by atoms with Crippen LogP contribution in [0.5, 0.6) is 5.75 Å². The fraction of sp³-hybridized carbons (Fsp3) is 0.400. The van der Waals surface area contributed by atoms with Crippen LogP contribution in [-0.4, -0.2) is 63.4 Å². The van der Waals surface area contributed by atoms with Gasteiger partial charge in [-0.3, -0.25) is 9.30 Å². The summed E-state index contributed by atoms with van der Waals surface area (Å²) in [5.74, 6) is 1.49. The van der Waals surface area contributed by atoms with Crippen molar-refractivity contribution in [3.05, 3.63) is 54.2 Å². The van der Waals surface area contributed by atoms with Gasteiger partial charge in [-0.05, 0) is 50.1 Å². The molecule has 0 unspecified atom stereocenters. The van der Waals surface area contributed by atoms with Gasteiger partial charge in [-0.25, -0.2) is 4.98 Å². The van der Waals surface area contributed by atoms with Crippen LogP contribution in [0.2, 0.25) is 0 Å². The van der Waals surface area contributed by atoms with Crippen molar-refractivity contribution in [3.63, 3.8) is 0 Å². The lowest BCUT2D eigenvalue weighted by atomic mass is 10.1. The van der Waals surface area contributed by atoms with E-state index in [2.05, 4.69) is 40.4 Å². The van der Waals surface area contributed by atoms with Crippen LogP contribution in [-0.2, 0) is 4.74 Å². The predicted molar refractivity (Wildman–Crippen MR) is 128 cm³/mol. The van der Waals surface area contributed by atoms with E-state index in [1.165, 1.54) is 5.56 Å². The maximum absolute atomic E-state index is 6.12. The molecule has 0 aliphatic carbocycles. The number of ether oxygens (including phenoxy) is 2. The molecule has 1 aliphatic rings. The minimum atomic E-state index is 0.0234. The maximum atomic E-state index is 6.12. The second-order valence-electron chi connectivity index (χ2n) is 8.84. The third-order valence-corrected chi connectivity index (χ3v) is 6.49. The first-order valence-electron chi connectivity index (χ1n) is 11.4. The van der Waals surface area contributed by atoms with Crippen LogP contribution in [0.1, 0.15) is 31.9 Å². The topological polar surface area (TPSA) is 90.8 Å². The molecule has 172 valence electrons. The van der Waals surface area contributed by atoms with Crippen LogP contribution in [0.3, 0.4) is 0 Å². The Bertz CT molecular complexity index is 1270. The highest BCUT2D eigenvalue weighted by Crippen LogP contribution is 2.27. The summed E-state index contributed by atoms with van der Waals surface area (Å²) in [6, 6.07) is 14.6. The van der Waals surface area contributed by atoms with E-state index < -0.39 is 0 Å². The van der Waals surface area contributed by atoms with E-state index in [0.717, 1.165) is 53.3 Å². The van der Waals surface area contributed by atoms with Crippen molar-refractivity contribution >= 4 is 16.6 Å². The van der Waals surface area contributed by atoms with Gasteiger partial charge < -0.3 is 15.2 Å². The van der Waals surface area contributed by atoms with Gasteiger partial charge in [-0.2, -0.15) is 0 Å². The molecule has 1 fully saturated rings. The normalized spacial score (nSPS) is 18.7. The van der Waals surface area contributed by atoms with Crippen molar-refractivity contribution in [2.75, 3.05) is 26.8 Å². The number of hydrogen-bond acceptors (Lipinski definition) is 7. The number of rotatable bonds is 7. The number of nitrogens with zero attached hydrogens (tertiary/aromatic N) is 5. The Labute approximate surface area is 193 Å². The highest BCUT2D eigenvalue weighted by Gasteiger charge is 2.25. The van der Waals surface area contributed by atoms with Crippen LogP contribution < -0.4 is 10.5 Å². The second kappa shape index (κ2) is 9.05. The summed E-state index contributed by atoms with van der Waals surface area (Å²) >= 11 is 0. The van der Waals surface area contributed by atoms with Crippen molar-refractivity contribution in [2.24, 2.45) is 5.73 Å². The first-order chi connectivity index (χ1) is 16.0. The van der Waals surface area contributed by atoms with E-state index in [-0.39, 0.29) is 18.2 Å². The Hall–Kier alpha value is -3.07. The lowest BCUT2D eigenvalue weighted by molar-refractivity contribution is 0.0717. The number of pyridine rings is 2. The summed E-state index contributed by atoms with van der Waals surface area (Å²) in [6.07, 6.45) is 3.19. The van der Waals surface area contributed by atoms with Crippen LogP contribution in [0.15, 0.2) is 48.7 Å². The molecule has 0 spiro atoms. The summed E-state index contributed by atoms with van der Waals surface area (Å²) in [5, 5.41) is 9.85. The van der Waals surface area contributed by atoms with Gasteiger partial charge >= 0.3 is 0 Å². The van der Waals surface area contributed by atoms with Crippen molar-refractivity contribution < 1.29 is 9.47 Å². The molecule has 1 aromatic carbocycles. The molecule has 5 rings (SSSR count). The van der Waals surface area contributed by atoms with Gasteiger partial charge in [0.1, 0.15) is 18.1 Å². The van der Waals surface area contributed by atoms with Gasteiger partial charge in [0.05, 0.1) is 11.6 Å². The zero-order valence-corrected chi connectivity index (χ0v) is 19.3. The zero-order chi connectivity index (χ0) is 22.9. The molecule has 1 saturated heterocycles. The molecule has 33 heavy (non-hydrogen) atoms. The Morgan fingerprint density at radius 1 is 1.12 bits per heavy atom. The summed E-state index contributed by atoms with van der Waals surface area (Å²) in [6.45, 7) is 6.63. The van der Waals surface area contributed by atoms with E-state index in [0.29, 0.717) is 6.61 Å². The fourth-order valence-corrected chi connectivity index (χ4v) is 4.30. The number of benzene rings is 1. The van der Waals surface area contributed by atoms with E-state index in [1.807, 2.05) is 41.7 Å². The monoisotopic (exact) mass is 446 g/mol. The van der Waals surface area contributed by atoms with Gasteiger partial charge in [0.2, 0.25) is 0 Å². The zero-order valence-electron chi connectivity index (χ0n) is 19.3. The molecule has 0 amide bonds. The van der Waals surface area contributed by atoms with Gasteiger partial charge in [-0.15, -0.1) is 10.2 Å². The number of fused-ring (bicyclic) bond motifs is 2. The number of aromatic nitrogens is 4. The molecule has 0 radical (unpaired) electrons. The quantitative estimate of drug-likeness (QED) is 0.465. The van der Waals surface area contributed by atoms with Crippen molar-refractivity contribution in [1.82, 2.24) is 24.5 Å². The van der Waals surface area contributed by atoms with Crippen LogP contribution >= 0.6 is 0 Å². The molecule has 8 nitrogen and oxygen atoms in total. The average Bonchev–Trinajstić information content (AvgIpc) is 3.47. The number of nitrogens with two attached hydrogens (primary N) is 1. The smallest absolute Gasteiger partial charge is 0.187 e. The SMILES string of the molecule is CO[C@@H](C)COc1ccc2ccc(-c3nnc4ccc([C@H](C)N5CC[C@H](N)C5)cn34)nc2c1. The molecule has 0 saturated carbocycles. The van der Waals surface area contributed by atoms with E-state index in [4.69, 9.17) is 20.2 Å². The van der Waals surface area contributed by atoms with Crippen LogP contribution in [0.25, 0.3) is 28.1 Å². The van der Waals surface area contributed by atoms with Crippen molar-refractivity contribution in [2.45, 2.75) is 38.5 Å². The van der Waals surface area contributed by atoms with Crippen LogP contribution in [0, 0.1) is 0 Å². The second-order valence-corrected chi connectivity index (χ2v) is 8.84. The summed E-state index contributed by atoms with van der Waals surface area (Å²) < 4.78 is 13.1. The lowest BCUT2D eigenvalue weighted by Crippen LogP contribution is -2.28. The number of methoxy groups -OCH3 is 1. The molecule has 8 heteroatoms.